The van der Waals surface area contributed by atoms with E-state index in [2.05, 4.69) is 5.32 Å². The number of allylic oxidation sites excluding steroid dienone is 4. The predicted molar refractivity (Wildman–Crippen MR) is 105 cm³/mol. The fourth-order valence-electron chi connectivity index (χ4n) is 2.73. The molecule has 2 rings (SSSR count). The van der Waals surface area contributed by atoms with Gasteiger partial charge in [0.25, 0.3) is 0 Å². The van der Waals surface area contributed by atoms with Gasteiger partial charge in [-0.05, 0) is 37.8 Å². The van der Waals surface area contributed by atoms with Gasteiger partial charge in [-0.1, -0.05) is 54.1 Å². The molecule has 0 spiro atoms. The lowest BCUT2D eigenvalue weighted by Crippen LogP contribution is -2.42. The Hall–Kier alpha value is -2.53. The SMILES string of the molecule is CCOC(=O)NC(CCc1ccccc1)C(=O)C1=CCC=C(Cl)C(OC)=C1. The van der Waals surface area contributed by atoms with Crippen molar-refractivity contribution < 1.29 is 19.1 Å². The Morgan fingerprint density at radius 1 is 1.22 bits per heavy atom. The number of aryl methyl sites for hydroxylation is 1. The van der Waals surface area contributed by atoms with Crippen molar-refractivity contribution in [2.24, 2.45) is 0 Å². The second kappa shape index (κ2) is 10.6. The Bertz CT molecular complexity index is 753. The normalized spacial score (nSPS) is 14.9. The number of Topliss-reactive ketones (excluding diaryl/α,β-unsaturated/α-hetero) is 1. The Morgan fingerprint density at radius 3 is 2.63 bits per heavy atom. The number of amides is 1. The van der Waals surface area contributed by atoms with Crippen LogP contribution in [0, 0.1) is 0 Å². The summed E-state index contributed by atoms with van der Waals surface area (Å²) in [6.45, 7) is 1.96. The molecule has 1 aromatic carbocycles. The van der Waals surface area contributed by atoms with Crippen LogP contribution in [0.4, 0.5) is 4.79 Å². The first-order valence-corrected chi connectivity index (χ1v) is 9.26. The Morgan fingerprint density at radius 2 is 1.96 bits per heavy atom. The van der Waals surface area contributed by atoms with Gasteiger partial charge < -0.3 is 14.8 Å². The number of methoxy groups -OCH3 is 1. The van der Waals surface area contributed by atoms with Crippen LogP contribution in [0.2, 0.25) is 0 Å². The standard InChI is InChI=1S/C21H24ClNO4/c1-3-27-21(25)23-18(13-12-15-8-5-4-6-9-15)20(24)16-10-7-11-17(22)19(14-16)26-2/h4-6,8-11,14,18H,3,7,12-13H2,1-2H3,(H,23,25). The van der Waals surface area contributed by atoms with E-state index >= 15 is 0 Å². The summed E-state index contributed by atoms with van der Waals surface area (Å²) in [6, 6.07) is 9.10. The van der Waals surface area contributed by atoms with Gasteiger partial charge in [0.2, 0.25) is 0 Å². The van der Waals surface area contributed by atoms with Crippen molar-refractivity contribution in [2.45, 2.75) is 32.2 Å². The lowest BCUT2D eigenvalue weighted by atomic mass is 9.97. The fraction of sp³-hybridized carbons (Fsp3) is 0.333. The molecule has 0 saturated heterocycles. The predicted octanol–water partition coefficient (Wildman–Crippen LogP) is 4.29. The summed E-state index contributed by atoms with van der Waals surface area (Å²) < 4.78 is 10.2. The number of ether oxygens (including phenoxy) is 2. The highest BCUT2D eigenvalue weighted by Gasteiger charge is 2.25. The molecule has 27 heavy (non-hydrogen) atoms. The quantitative estimate of drug-likeness (QED) is 0.720. The molecule has 1 N–H and O–H groups in total. The average molecular weight is 390 g/mol. The number of benzene rings is 1. The molecule has 0 fully saturated rings. The summed E-state index contributed by atoms with van der Waals surface area (Å²) in [5.41, 5.74) is 1.54. The van der Waals surface area contributed by atoms with Gasteiger partial charge in [0.05, 0.1) is 24.8 Å². The number of halogens is 1. The van der Waals surface area contributed by atoms with E-state index in [0.717, 1.165) is 5.56 Å². The van der Waals surface area contributed by atoms with E-state index in [9.17, 15) is 9.59 Å². The molecule has 0 saturated carbocycles. The molecule has 1 unspecified atom stereocenters. The summed E-state index contributed by atoms with van der Waals surface area (Å²) >= 11 is 6.14. The number of carbonyl (C=O) groups excluding carboxylic acids is 2. The first-order chi connectivity index (χ1) is 13.0. The van der Waals surface area contributed by atoms with Crippen LogP contribution in [-0.2, 0) is 20.7 Å². The minimum atomic E-state index is -0.707. The van der Waals surface area contributed by atoms with Crippen LogP contribution in [0.25, 0.3) is 0 Å². The van der Waals surface area contributed by atoms with Crippen molar-refractivity contribution in [3.8, 4) is 0 Å². The van der Waals surface area contributed by atoms with E-state index in [0.29, 0.717) is 35.6 Å². The Balaban J connectivity index is 2.18. The lowest BCUT2D eigenvalue weighted by molar-refractivity contribution is -0.117. The number of alkyl carbamates (subject to hydrolysis) is 1. The van der Waals surface area contributed by atoms with E-state index < -0.39 is 12.1 Å². The molecule has 1 atom stereocenters. The largest absolute Gasteiger partial charge is 0.495 e. The van der Waals surface area contributed by atoms with Gasteiger partial charge >= 0.3 is 6.09 Å². The molecule has 1 amide bonds. The molecule has 0 aromatic heterocycles. The molecule has 1 aromatic rings. The zero-order chi connectivity index (χ0) is 19.6. The van der Waals surface area contributed by atoms with Crippen molar-refractivity contribution in [3.05, 3.63) is 70.5 Å². The van der Waals surface area contributed by atoms with Crippen molar-refractivity contribution in [1.82, 2.24) is 5.32 Å². The van der Waals surface area contributed by atoms with Crippen LogP contribution in [0.5, 0.6) is 0 Å². The lowest BCUT2D eigenvalue weighted by Gasteiger charge is -2.18. The molecule has 1 aliphatic rings. The van der Waals surface area contributed by atoms with Crippen LogP contribution < -0.4 is 5.32 Å². The summed E-state index contributed by atoms with van der Waals surface area (Å²) in [4.78, 5) is 25.0. The molecule has 1 aliphatic carbocycles. The summed E-state index contributed by atoms with van der Waals surface area (Å²) in [5, 5.41) is 3.13. The summed E-state index contributed by atoms with van der Waals surface area (Å²) in [5.74, 6) is 0.222. The van der Waals surface area contributed by atoms with Crippen LogP contribution in [-0.4, -0.2) is 31.6 Å². The number of hydrogen-bond donors (Lipinski definition) is 1. The Labute approximate surface area is 164 Å². The minimum Gasteiger partial charge on any atom is -0.495 e. The Kier molecular flexibility index (Phi) is 8.14. The minimum absolute atomic E-state index is 0.201. The first-order valence-electron chi connectivity index (χ1n) is 8.88. The molecular formula is C21H24ClNO4. The van der Waals surface area contributed by atoms with E-state index in [1.165, 1.54) is 7.11 Å². The highest BCUT2D eigenvalue weighted by Crippen LogP contribution is 2.23. The van der Waals surface area contributed by atoms with Crippen molar-refractivity contribution in [1.29, 1.82) is 0 Å². The van der Waals surface area contributed by atoms with Crippen LogP contribution in [0.1, 0.15) is 25.3 Å². The second-order valence-corrected chi connectivity index (χ2v) is 6.37. The van der Waals surface area contributed by atoms with E-state index in [1.54, 1.807) is 25.2 Å². The van der Waals surface area contributed by atoms with Crippen molar-refractivity contribution >= 4 is 23.5 Å². The third-order valence-electron chi connectivity index (χ3n) is 4.11. The maximum Gasteiger partial charge on any atom is 0.407 e. The maximum atomic E-state index is 13.1. The topological polar surface area (TPSA) is 64.6 Å². The van der Waals surface area contributed by atoms with Gasteiger partial charge in [-0.3, -0.25) is 4.79 Å². The maximum absolute atomic E-state index is 13.1. The first kappa shape index (κ1) is 20.8. The van der Waals surface area contributed by atoms with E-state index in [1.807, 2.05) is 30.3 Å². The van der Waals surface area contributed by atoms with Crippen LogP contribution in [0.15, 0.2) is 64.9 Å². The van der Waals surface area contributed by atoms with Gasteiger partial charge in [-0.25, -0.2) is 4.79 Å². The van der Waals surface area contributed by atoms with Crippen molar-refractivity contribution in [2.75, 3.05) is 13.7 Å². The molecule has 5 nitrogen and oxygen atoms in total. The smallest absolute Gasteiger partial charge is 0.407 e. The number of hydrogen-bond acceptors (Lipinski definition) is 4. The second-order valence-electron chi connectivity index (χ2n) is 5.97. The van der Waals surface area contributed by atoms with Gasteiger partial charge in [0, 0.05) is 5.57 Å². The molecule has 0 radical (unpaired) electrons. The molecular weight excluding hydrogens is 366 g/mol. The number of nitrogens with one attached hydrogen (secondary N) is 1. The highest BCUT2D eigenvalue weighted by molar-refractivity contribution is 6.31. The average Bonchev–Trinajstić information content (AvgIpc) is 2.86. The summed E-state index contributed by atoms with van der Waals surface area (Å²) in [6.07, 6.45) is 6.16. The number of carbonyl (C=O) groups is 2. The van der Waals surface area contributed by atoms with Gasteiger partial charge in [0.15, 0.2) is 5.78 Å². The zero-order valence-electron chi connectivity index (χ0n) is 15.5. The molecule has 0 bridgehead atoms. The van der Waals surface area contributed by atoms with Gasteiger partial charge in [-0.2, -0.15) is 0 Å². The van der Waals surface area contributed by atoms with Crippen LogP contribution >= 0.6 is 11.6 Å². The fourth-order valence-corrected chi connectivity index (χ4v) is 2.95. The zero-order valence-corrected chi connectivity index (χ0v) is 16.3. The highest BCUT2D eigenvalue weighted by atomic mass is 35.5. The molecule has 0 heterocycles. The van der Waals surface area contributed by atoms with E-state index in [-0.39, 0.29) is 12.4 Å². The molecule has 144 valence electrons. The van der Waals surface area contributed by atoms with Crippen LogP contribution in [0.3, 0.4) is 0 Å². The summed E-state index contributed by atoms with van der Waals surface area (Å²) in [7, 11) is 1.50. The third kappa shape index (κ3) is 6.29. The van der Waals surface area contributed by atoms with E-state index in [4.69, 9.17) is 21.1 Å². The van der Waals surface area contributed by atoms with Crippen molar-refractivity contribution in [3.63, 3.8) is 0 Å². The third-order valence-corrected chi connectivity index (χ3v) is 4.45. The number of ketones is 1. The van der Waals surface area contributed by atoms with Gasteiger partial charge in [-0.15, -0.1) is 0 Å². The number of rotatable bonds is 8. The molecule has 0 aliphatic heterocycles. The monoisotopic (exact) mass is 389 g/mol. The van der Waals surface area contributed by atoms with Gasteiger partial charge in [0.1, 0.15) is 5.76 Å². The molecule has 6 heteroatoms.